The highest BCUT2D eigenvalue weighted by atomic mass is 79.9. The molecule has 1 unspecified atom stereocenters. The van der Waals surface area contributed by atoms with Crippen molar-refractivity contribution in [1.82, 2.24) is 0 Å². The molecule has 0 radical (unpaired) electrons. The van der Waals surface area contributed by atoms with E-state index in [-0.39, 0.29) is 5.41 Å². The minimum absolute atomic E-state index is 0.0470. The van der Waals surface area contributed by atoms with Crippen LogP contribution in [0.15, 0.2) is 89.4 Å². The molecule has 0 bridgehead atoms. The molecule has 0 amide bonds. The van der Waals surface area contributed by atoms with Gasteiger partial charge in [-0.3, -0.25) is 0 Å². The van der Waals surface area contributed by atoms with Crippen LogP contribution in [0, 0.1) is 0 Å². The molecule has 2 heteroatoms. The van der Waals surface area contributed by atoms with Gasteiger partial charge in [0.25, 0.3) is 0 Å². The van der Waals surface area contributed by atoms with Gasteiger partial charge in [-0.1, -0.05) is 91.3 Å². The predicted molar refractivity (Wildman–Crippen MR) is 130 cm³/mol. The Balaban J connectivity index is 1.82. The molecule has 0 saturated heterocycles. The standard InChI is InChI=1S/C29H23BrO/c1-28(2,3)18-12-15-27-25(16-18)29(23-10-6-7-11-26(23)31-27)22-9-5-4-8-20(22)21-14-13-19(30)17-24(21)29/h4-17H,1-3H3. The number of hydrogen-bond acceptors (Lipinski definition) is 1. The molecule has 1 nitrogen and oxygen atoms in total. The lowest BCUT2D eigenvalue weighted by molar-refractivity contribution is 0.434. The second kappa shape index (κ2) is 6.34. The van der Waals surface area contributed by atoms with Gasteiger partial charge in [-0.05, 0) is 63.6 Å². The van der Waals surface area contributed by atoms with Crippen molar-refractivity contribution < 1.29 is 4.74 Å². The van der Waals surface area contributed by atoms with Crippen molar-refractivity contribution in [1.29, 1.82) is 0 Å². The van der Waals surface area contributed by atoms with Crippen LogP contribution in [-0.2, 0) is 10.8 Å². The highest BCUT2D eigenvalue weighted by Crippen LogP contribution is 2.62. The van der Waals surface area contributed by atoms with Gasteiger partial charge in [0, 0.05) is 15.6 Å². The van der Waals surface area contributed by atoms with Crippen LogP contribution in [0.25, 0.3) is 11.1 Å². The molecule has 1 heterocycles. The number of hydrogen-bond donors (Lipinski definition) is 0. The lowest BCUT2D eigenvalue weighted by atomic mass is 9.65. The quantitative estimate of drug-likeness (QED) is 0.219. The molecule has 0 aromatic heterocycles. The molecule has 4 aromatic rings. The minimum atomic E-state index is -0.402. The Morgan fingerprint density at radius 1 is 0.645 bits per heavy atom. The summed E-state index contributed by atoms with van der Waals surface area (Å²) in [4.78, 5) is 0. The first-order valence-electron chi connectivity index (χ1n) is 10.7. The number of benzene rings is 4. The second-order valence-electron chi connectivity index (χ2n) is 9.54. The first-order valence-corrected chi connectivity index (χ1v) is 11.5. The maximum atomic E-state index is 6.48. The first-order chi connectivity index (χ1) is 14.9. The lowest BCUT2D eigenvalue weighted by Crippen LogP contribution is -2.32. The molecular weight excluding hydrogens is 444 g/mol. The van der Waals surface area contributed by atoms with E-state index in [0.717, 1.165) is 16.0 Å². The summed E-state index contributed by atoms with van der Waals surface area (Å²) in [6, 6.07) is 30.8. The number of ether oxygens (including phenoxy) is 1. The summed E-state index contributed by atoms with van der Waals surface area (Å²) in [5, 5.41) is 0. The largest absolute Gasteiger partial charge is 0.457 e. The van der Waals surface area contributed by atoms with Crippen molar-refractivity contribution in [2.75, 3.05) is 0 Å². The molecule has 152 valence electrons. The normalized spacial score (nSPS) is 18.1. The Morgan fingerprint density at radius 2 is 1.32 bits per heavy atom. The summed E-state index contributed by atoms with van der Waals surface area (Å²) >= 11 is 3.75. The summed E-state index contributed by atoms with van der Waals surface area (Å²) in [5.41, 5.74) is 8.62. The van der Waals surface area contributed by atoms with Crippen LogP contribution >= 0.6 is 15.9 Å². The van der Waals surface area contributed by atoms with E-state index in [9.17, 15) is 0 Å². The molecule has 2 aliphatic rings. The number of para-hydroxylation sites is 1. The summed E-state index contributed by atoms with van der Waals surface area (Å²) in [6.45, 7) is 6.81. The second-order valence-corrected chi connectivity index (χ2v) is 10.5. The van der Waals surface area contributed by atoms with Crippen LogP contribution in [0.3, 0.4) is 0 Å². The lowest BCUT2D eigenvalue weighted by Gasteiger charge is -2.40. The van der Waals surface area contributed by atoms with E-state index in [2.05, 4.69) is 122 Å². The van der Waals surface area contributed by atoms with Crippen molar-refractivity contribution in [3.63, 3.8) is 0 Å². The van der Waals surface area contributed by atoms with E-state index in [1.54, 1.807) is 0 Å². The molecule has 4 aromatic carbocycles. The summed E-state index contributed by atoms with van der Waals surface area (Å²) < 4.78 is 7.57. The van der Waals surface area contributed by atoms with E-state index >= 15 is 0 Å². The zero-order valence-corrected chi connectivity index (χ0v) is 19.5. The highest BCUT2D eigenvalue weighted by Gasteiger charge is 2.51. The van der Waals surface area contributed by atoms with Gasteiger partial charge in [-0.15, -0.1) is 0 Å². The van der Waals surface area contributed by atoms with Crippen molar-refractivity contribution in [3.8, 4) is 22.6 Å². The average Bonchev–Trinajstić information content (AvgIpc) is 3.04. The minimum Gasteiger partial charge on any atom is -0.457 e. The van der Waals surface area contributed by atoms with Crippen molar-refractivity contribution in [2.24, 2.45) is 0 Å². The van der Waals surface area contributed by atoms with Crippen LogP contribution in [-0.4, -0.2) is 0 Å². The third kappa shape index (κ3) is 2.49. The van der Waals surface area contributed by atoms with E-state index in [4.69, 9.17) is 4.74 Å². The van der Waals surface area contributed by atoms with E-state index < -0.39 is 5.41 Å². The molecule has 1 aliphatic heterocycles. The Kier molecular flexibility index (Phi) is 3.86. The predicted octanol–water partition coefficient (Wildman–Crippen LogP) is 8.22. The fourth-order valence-corrected chi connectivity index (χ4v) is 5.70. The average molecular weight is 467 g/mol. The van der Waals surface area contributed by atoms with Crippen molar-refractivity contribution in [2.45, 2.75) is 31.6 Å². The van der Waals surface area contributed by atoms with Gasteiger partial charge in [0.1, 0.15) is 11.5 Å². The first kappa shape index (κ1) is 18.9. The Bertz CT molecular complexity index is 1360. The molecule has 31 heavy (non-hydrogen) atoms. The molecule has 1 spiro atoms. The molecule has 0 N–H and O–H groups in total. The van der Waals surface area contributed by atoms with Crippen LogP contribution in [0.5, 0.6) is 11.5 Å². The zero-order chi connectivity index (χ0) is 21.4. The molecule has 0 fully saturated rings. The zero-order valence-electron chi connectivity index (χ0n) is 17.9. The Morgan fingerprint density at radius 3 is 2.13 bits per heavy atom. The maximum Gasteiger partial charge on any atom is 0.132 e. The van der Waals surface area contributed by atoms with Gasteiger partial charge >= 0.3 is 0 Å². The van der Waals surface area contributed by atoms with Crippen LogP contribution in [0.1, 0.15) is 48.6 Å². The Hall–Kier alpha value is -2.84. The topological polar surface area (TPSA) is 9.23 Å². The van der Waals surface area contributed by atoms with Crippen LogP contribution < -0.4 is 4.74 Å². The van der Waals surface area contributed by atoms with Gasteiger partial charge in [0.15, 0.2) is 0 Å². The van der Waals surface area contributed by atoms with Gasteiger partial charge in [-0.25, -0.2) is 0 Å². The van der Waals surface area contributed by atoms with Gasteiger partial charge in [-0.2, -0.15) is 0 Å². The fraction of sp³-hybridized carbons (Fsp3) is 0.172. The van der Waals surface area contributed by atoms with E-state index in [0.29, 0.717) is 0 Å². The fourth-order valence-electron chi connectivity index (χ4n) is 5.34. The molecule has 1 aliphatic carbocycles. The summed E-state index contributed by atoms with van der Waals surface area (Å²) in [5.74, 6) is 1.87. The Labute approximate surface area is 191 Å². The maximum absolute atomic E-state index is 6.48. The van der Waals surface area contributed by atoms with Crippen LogP contribution in [0.4, 0.5) is 0 Å². The van der Waals surface area contributed by atoms with Crippen molar-refractivity contribution >= 4 is 15.9 Å². The van der Waals surface area contributed by atoms with E-state index in [1.165, 1.54) is 38.9 Å². The van der Waals surface area contributed by atoms with Crippen molar-refractivity contribution in [3.05, 3.63) is 117 Å². The third-order valence-corrected chi connectivity index (χ3v) is 7.26. The van der Waals surface area contributed by atoms with Crippen LogP contribution in [0.2, 0.25) is 0 Å². The molecule has 1 atom stereocenters. The van der Waals surface area contributed by atoms with Gasteiger partial charge in [0.05, 0.1) is 5.41 Å². The van der Waals surface area contributed by atoms with E-state index in [1.807, 2.05) is 0 Å². The number of fused-ring (bicyclic) bond motifs is 9. The highest BCUT2D eigenvalue weighted by molar-refractivity contribution is 9.10. The summed E-state index contributed by atoms with van der Waals surface area (Å²) in [7, 11) is 0. The number of rotatable bonds is 0. The molecular formula is C29H23BrO. The monoisotopic (exact) mass is 466 g/mol. The molecule has 0 saturated carbocycles. The smallest absolute Gasteiger partial charge is 0.132 e. The summed E-state index contributed by atoms with van der Waals surface area (Å²) in [6.07, 6.45) is 0. The SMILES string of the molecule is CC(C)(C)c1ccc2c(c1)C1(c3ccccc3O2)c2ccccc2-c2ccc(Br)cc21. The number of halogens is 1. The van der Waals surface area contributed by atoms with Gasteiger partial charge in [0.2, 0.25) is 0 Å². The third-order valence-electron chi connectivity index (χ3n) is 6.77. The van der Waals surface area contributed by atoms with Gasteiger partial charge < -0.3 is 4.74 Å². The molecule has 6 rings (SSSR count).